The molecule has 3 rings (SSSR count). The molecular formula is C18H21N3O5. The molecule has 138 valence electrons. The van der Waals surface area contributed by atoms with Gasteiger partial charge in [-0.2, -0.15) is 0 Å². The number of carbonyl (C=O) groups is 4. The summed E-state index contributed by atoms with van der Waals surface area (Å²) in [7, 11) is 0. The van der Waals surface area contributed by atoms with E-state index in [9.17, 15) is 19.2 Å². The van der Waals surface area contributed by atoms with Crippen molar-refractivity contribution in [2.24, 2.45) is 5.92 Å². The highest BCUT2D eigenvalue weighted by Gasteiger charge is 2.56. The van der Waals surface area contributed by atoms with Crippen molar-refractivity contribution in [2.45, 2.75) is 38.3 Å². The van der Waals surface area contributed by atoms with Gasteiger partial charge in [-0.15, -0.1) is 0 Å². The number of amides is 4. The zero-order valence-electron chi connectivity index (χ0n) is 14.7. The standard InChI is InChI=1S/C18H21N3O5/c1-11(15(23)19-13-6-4-3-5-7-13)26-14(22)10-21-16(24)18(2,12-8-9-12)20-17(21)25/h3-7,11-12H,8-10H2,1-2H3,(H,19,23)(H,20,25)/t11-,18+/m0/s1. The van der Waals surface area contributed by atoms with Crippen LogP contribution in [0.5, 0.6) is 0 Å². The quantitative estimate of drug-likeness (QED) is 0.588. The third-order valence-electron chi connectivity index (χ3n) is 4.70. The van der Waals surface area contributed by atoms with E-state index < -0.39 is 42.0 Å². The maximum Gasteiger partial charge on any atom is 0.327 e. The van der Waals surface area contributed by atoms with E-state index in [1.54, 1.807) is 31.2 Å². The average Bonchev–Trinajstić information content (AvgIpc) is 3.42. The lowest BCUT2D eigenvalue weighted by Crippen LogP contribution is -2.46. The van der Waals surface area contributed by atoms with Crippen LogP contribution in [0.4, 0.5) is 10.5 Å². The van der Waals surface area contributed by atoms with Gasteiger partial charge in [0, 0.05) is 5.69 Å². The van der Waals surface area contributed by atoms with Gasteiger partial charge in [0.25, 0.3) is 11.8 Å². The molecule has 2 aliphatic rings. The van der Waals surface area contributed by atoms with Crippen LogP contribution in [-0.4, -0.2) is 46.9 Å². The lowest BCUT2D eigenvalue weighted by Gasteiger charge is -2.21. The Balaban J connectivity index is 1.54. The predicted octanol–water partition coefficient (Wildman–Crippen LogP) is 1.28. The highest BCUT2D eigenvalue weighted by atomic mass is 16.5. The van der Waals surface area contributed by atoms with E-state index in [-0.39, 0.29) is 5.92 Å². The van der Waals surface area contributed by atoms with E-state index in [1.165, 1.54) is 6.92 Å². The number of anilines is 1. The number of hydrogen-bond acceptors (Lipinski definition) is 5. The average molecular weight is 359 g/mol. The molecule has 1 aromatic rings. The number of nitrogens with one attached hydrogen (secondary N) is 2. The topological polar surface area (TPSA) is 105 Å². The fraction of sp³-hybridized carbons (Fsp3) is 0.444. The molecule has 0 aromatic heterocycles. The van der Waals surface area contributed by atoms with Crippen molar-refractivity contribution in [3.63, 3.8) is 0 Å². The van der Waals surface area contributed by atoms with Gasteiger partial charge in [-0.3, -0.25) is 19.3 Å². The number of nitrogens with zero attached hydrogens (tertiary/aromatic N) is 1. The van der Waals surface area contributed by atoms with E-state index in [0.29, 0.717) is 5.69 Å². The third-order valence-corrected chi connectivity index (χ3v) is 4.70. The molecule has 2 fully saturated rings. The number of urea groups is 1. The maximum atomic E-state index is 12.5. The molecule has 0 spiro atoms. The minimum Gasteiger partial charge on any atom is -0.451 e. The van der Waals surface area contributed by atoms with Crippen molar-refractivity contribution in [1.82, 2.24) is 10.2 Å². The van der Waals surface area contributed by atoms with Crippen molar-refractivity contribution >= 4 is 29.5 Å². The Bertz CT molecular complexity index is 746. The number of esters is 1. The number of hydrogen-bond donors (Lipinski definition) is 2. The lowest BCUT2D eigenvalue weighted by molar-refractivity contribution is -0.155. The molecule has 8 nitrogen and oxygen atoms in total. The predicted molar refractivity (Wildman–Crippen MR) is 92.0 cm³/mol. The van der Waals surface area contributed by atoms with Crippen LogP contribution in [-0.2, 0) is 19.1 Å². The molecule has 2 atom stereocenters. The Morgan fingerprint density at radius 3 is 2.58 bits per heavy atom. The van der Waals surface area contributed by atoms with Gasteiger partial charge in [0.1, 0.15) is 12.1 Å². The first-order chi connectivity index (χ1) is 12.3. The zero-order valence-corrected chi connectivity index (χ0v) is 14.7. The van der Waals surface area contributed by atoms with Crippen molar-refractivity contribution in [3.8, 4) is 0 Å². The molecule has 0 bridgehead atoms. The number of para-hydroxylation sites is 1. The fourth-order valence-corrected chi connectivity index (χ4v) is 2.98. The van der Waals surface area contributed by atoms with E-state index >= 15 is 0 Å². The molecule has 4 amide bonds. The van der Waals surface area contributed by atoms with Crippen LogP contribution in [0.3, 0.4) is 0 Å². The van der Waals surface area contributed by atoms with E-state index in [2.05, 4.69) is 10.6 Å². The number of rotatable bonds is 6. The van der Waals surface area contributed by atoms with Crippen LogP contribution in [0.2, 0.25) is 0 Å². The molecule has 1 saturated carbocycles. The molecule has 0 radical (unpaired) electrons. The van der Waals surface area contributed by atoms with Crippen LogP contribution in [0.1, 0.15) is 26.7 Å². The van der Waals surface area contributed by atoms with Crippen LogP contribution in [0.25, 0.3) is 0 Å². The molecule has 1 aromatic carbocycles. The highest BCUT2D eigenvalue weighted by Crippen LogP contribution is 2.42. The van der Waals surface area contributed by atoms with Gasteiger partial charge in [0.05, 0.1) is 0 Å². The first-order valence-corrected chi connectivity index (χ1v) is 8.51. The van der Waals surface area contributed by atoms with Gasteiger partial charge in [0.15, 0.2) is 6.10 Å². The zero-order chi connectivity index (χ0) is 18.9. The SMILES string of the molecule is C[C@H](OC(=O)CN1C(=O)N[C@](C)(C2CC2)C1=O)C(=O)Nc1ccccc1. The van der Waals surface area contributed by atoms with E-state index in [0.717, 1.165) is 17.7 Å². The van der Waals surface area contributed by atoms with Crippen molar-refractivity contribution < 1.29 is 23.9 Å². The summed E-state index contributed by atoms with van der Waals surface area (Å²) in [4.78, 5) is 49.5. The summed E-state index contributed by atoms with van der Waals surface area (Å²) in [6.45, 7) is 2.58. The first kappa shape index (κ1) is 17.9. The highest BCUT2D eigenvalue weighted by molar-refractivity contribution is 6.09. The Morgan fingerprint density at radius 1 is 1.31 bits per heavy atom. The van der Waals surface area contributed by atoms with Crippen LogP contribution >= 0.6 is 0 Å². The number of ether oxygens (including phenoxy) is 1. The summed E-state index contributed by atoms with van der Waals surface area (Å²) < 4.78 is 5.06. The van der Waals surface area contributed by atoms with Crippen molar-refractivity contribution in [3.05, 3.63) is 30.3 Å². The molecule has 1 saturated heterocycles. The Morgan fingerprint density at radius 2 is 1.96 bits per heavy atom. The van der Waals surface area contributed by atoms with Gasteiger partial charge in [-0.1, -0.05) is 18.2 Å². The van der Waals surface area contributed by atoms with Gasteiger partial charge in [-0.25, -0.2) is 4.79 Å². The number of benzene rings is 1. The normalized spacial score (nSPS) is 23.4. The van der Waals surface area contributed by atoms with Crippen molar-refractivity contribution in [2.75, 3.05) is 11.9 Å². The van der Waals surface area contributed by atoms with Crippen LogP contribution in [0, 0.1) is 5.92 Å². The lowest BCUT2D eigenvalue weighted by atomic mass is 9.96. The monoisotopic (exact) mass is 359 g/mol. The minimum atomic E-state index is -1.06. The van der Waals surface area contributed by atoms with Gasteiger partial charge in [0.2, 0.25) is 0 Å². The van der Waals surface area contributed by atoms with Gasteiger partial charge < -0.3 is 15.4 Å². The Labute approximate surface area is 150 Å². The van der Waals surface area contributed by atoms with Gasteiger partial charge in [-0.05, 0) is 44.7 Å². The fourth-order valence-electron chi connectivity index (χ4n) is 2.98. The summed E-state index contributed by atoms with van der Waals surface area (Å²) in [5.74, 6) is -1.63. The van der Waals surface area contributed by atoms with Gasteiger partial charge >= 0.3 is 12.0 Å². The third kappa shape index (κ3) is 3.54. The molecule has 1 aliphatic heterocycles. The second-order valence-corrected chi connectivity index (χ2v) is 6.79. The summed E-state index contributed by atoms with van der Waals surface area (Å²) in [5, 5.41) is 5.28. The summed E-state index contributed by atoms with van der Waals surface area (Å²) >= 11 is 0. The Hall–Kier alpha value is -2.90. The summed E-state index contributed by atoms with van der Waals surface area (Å²) in [6.07, 6.45) is 0.688. The smallest absolute Gasteiger partial charge is 0.327 e. The van der Waals surface area contributed by atoms with Crippen molar-refractivity contribution in [1.29, 1.82) is 0 Å². The molecule has 1 aliphatic carbocycles. The Kier molecular flexibility index (Phi) is 4.67. The summed E-state index contributed by atoms with van der Waals surface area (Å²) in [6, 6.07) is 8.15. The molecular weight excluding hydrogens is 338 g/mol. The largest absolute Gasteiger partial charge is 0.451 e. The van der Waals surface area contributed by atoms with E-state index in [4.69, 9.17) is 4.74 Å². The molecule has 1 heterocycles. The molecule has 2 N–H and O–H groups in total. The summed E-state index contributed by atoms with van der Waals surface area (Å²) in [5.41, 5.74) is -0.372. The molecule has 0 unspecified atom stereocenters. The molecule has 26 heavy (non-hydrogen) atoms. The van der Waals surface area contributed by atoms with Crippen LogP contribution < -0.4 is 10.6 Å². The number of imide groups is 1. The second-order valence-electron chi connectivity index (χ2n) is 6.79. The molecule has 8 heteroatoms. The second kappa shape index (κ2) is 6.78. The first-order valence-electron chi connectivity index (χ1n) is 8.51. The number of carbonyl (C=O) groups excluding carboxylic acids is 4. The van der Waals surface area contributed by atoms with Crippen LogP contribution in [0.15, 0.2) is 30.3 Å². The maximum absolute atomic E-state index is 12.5. The minimum absolute atomic E-state index is 0.107. The van der Waals surface area contributed by atoms with E-state index in [1.807, 2.05) is 6.07 Å².